The molecule has 2 aliphatic heterocycles. The molecular formula is C32H32N9O12P. The van der Waals surface area contributed by atoms with Crippen molar-refractivity contribution in [2.24, 2.45) is 0 Å². The van der Waals surface area contributed by atoms with Crippen LogP contribution in [-0.4, -0.2) is 88.5 Å². The Balaban J connectivity index is 1.08. The smallest absolute Gasteiger partial charge is 0.459 e. The summed E-state index contributed by atoms with van der Waals surface area (Å²) in [6, 6.07) is 16.2. The molecule has 0 radical (unpaired) electrons. The molecule has 22 heteroatoms. The van der Waals surface area contributed by atoms with Crippen LogP contribution >= 0.6 is 7.82 Å². The summed E-state index contributed by atoms with van der Waals surface area (Å²) in [5.74, 6) is -1.85. The first-order chi connectivity index (χ1) is 25.9. The number of nitrogens with two attached hydrogens (primary N) is 2. The summed E-state index contributed by atoms with van der Waals surface area (Å²) in [6.07, 6.45) is -4.48. The van der Waals surface area contributed by atoms with Gasteiger partial charge in [-0.05, 0) is 24.3 Å². The summed E-state index contributed by atoms with van der Waals surface area (Å²) >= 11 is 0. The third-order valence-corrected chi connectivity index (χ3v) is 9.52. The lowest BCUT2D eigenvalue weighted by Crippen LogP contribution is -2.32. The van der Waals surface area contributed by atoms with Gasteiger partial charge in [0.15, 0.2) is 11.2 Å². The molecule has 6 N–H and O–H groups in total. The number of nitrogens with zero attached hydrogens (tertiary/aromatic N) is 6. The van der Waals surface area contributed by atoms with Crippen LogP contribution in [0.2, 0.25) is 0 Å². The van der Waals surface area contributed by atoms with Crippen molar-refractivity contribution in [1.82, 2.24) is 34.1 Å². The number of anilines is 2. The van der Waals surface area contributed by atoms with Crippen LogP contribution < -0.4 is 22.7 Å². The molecule has 7 rings (SSSR count). The van der Waals surface area contributed by atoms with Crippen molar-refractivity contribution in [3.05, 3.63) is 105 Å². The molecule has 54 heavy (non-hydrogen) atoms. The van der Waals surface area contributed by atoms with E-state index in [4.69, 9.17) is 39.5 Å². The van der Waals surface area contributed by atoms with Crippen molar-refractivity contribution < 1.29 is 47.0 Å². The van der Waals surface area contributed by atoms with Gasteiger partial charge >= 0.3 is 25.5 Å². The minimum atomic E-state index is -5.00. The number of hydrogen-bond donors (Lipinski definition) is 4. The van der Waals surface area contributed by atoms with Gasteiger partial charge in [0.05, 0.1) is 24.1 Å². The van der Waals surface area contributed by atoms with Gasteiger partial charge in [0.2, 0.25) is 11.9 Å². The Bertz CT molecular complexity index is 2320. The van der Waals surface area contributed by atoms with Crippen molar-refractivity contribution in [3.8, 4) is 0 Å². The van der Waals surface area contributed by atoms with E-state index in [9.17, 15) is 28.6 Å². The number of carbonyl (C=O) groups excluding carboxylic acids is 2. The number of imidazole rings is 1. The highest BCUT2D eigenvalue weighted by molar-refractivity contribution is 7.47. The number of phosphoric acid groups is 1. The Kier molecular flexibility index (Phi) is 10.3. The third-order valence-electron chi connectivity index (χ3n) is 8.50. The number of esters is 2. The van der Waals surface area contributed by atoms with Crippen LogP contribution in [0.4, 0.5) is 11.9 Å². The SMILES string of the molecule is Nc1ncn([C@H]2CC(OC(=O)c3ccccc3)[C@@H](COP(=O)(O)O[C@@H]3C[C@H](n4cnc5c(=O)[nH]c(N)nc54)O[C@@H]3COC(=O)c3ccccc3)O2)c(=O)n1. The maximum atomic E-state index is 13.5. The van der Waals surface area contributed by atoms with E-state index in [1.54, 1.807) is 48.5 Å². The quantitative estimate of drug-likeness (QED) is 0.102. The van der Waals surface area contributed by atoms with Crippen molar-refractivity contribution in [3.63, 3.8) is 0 Å². The van der Waals surface area contributed by atoms with Crippen LogP contribution in [0.15, 0.2) is 82.9 Å². The molecule has 0 aliphatic carbocycles. The average Bonchev–Trinajstić information content (AvgIpc) is 3.87. The molecule has 2 saturated heterocycles. The van der Waals surface area contributed by atoms with E-state index < -0.39 is 81.1 Å². The minimum absolute atomic E-state index is 0.0365. The molecule has 5 aromatic rings. The number of aromatic nitrogens is 7. The zero-order valence-corrected chi connectivity index (χ0v) is 28.8. The van der Waals surface area contributed by atoms with E-state index in [0.29, 0.717) is 0 Å². The number of rotatable bonds is 12. The van der Waals surface area contributed by atoms with Gasteiger partial charge in [-0.3, -0.25) is 28.0 Å². The highest BCUT2D eigenvalue weighted by Crippen LogP contribution is 2.49. The van der Waals surface area contributed by atoms with Crippen LogP contribution in [0.1, 0.15) is 46.0 Å². The zero-order valence-electron chi connectivity index (χ0n) is 27.9. The van der Waals surface area contributed by atoms with Gasteiger partial charge < -0.3 is 35.3 Å². The normalized spacial score (nSPS) is 23.6. The van der Waals surface area contributed by atoms with Crippen LogP contribution in [0, 0.1) is 0 Å². The van der Waals surface area contributed by atoms with Crippen LogP contribution in [0.3, 0.4) is 0 Å². The largest absolute Gasteiger partial charge is 0.472 e. The van der Waals surface area contributed by atoms with E-state index in [-0.39, 0.29) is 47.0 Å². The molecule has 0 saturated carbocycles. The van der Waals surface area contributed by atoms with E-state index in [1.807, 2.05) is 0 Å². The molecule has 7 atom stereocenters. The van der Waals surface area contributed by atoms with Crippen LogP contribution in [0.25, 0.3) is 11.2 Å². The number of carbonyl (C=O) groups is 2. The van der Waals surface area contributed by atoms with Gasteiger partial charge in [0, 0.05) is 12.8 Å². The molecule has 282 valence electrons. The molecule has 0 amide bonds. The fraction of sp³-hybridized carbons (Fsp3) is 0.312. The second-order valence-corrected chi connectivity index (χ2v) is 13.5. The topological polar surface area (TPSA) is 290 Å². The van der Waals surface area contributed by atoms with E-state index in [1.165, 1.54) is 23.0 Å². The number of nitrogen functional groups attached to an aromatic ring is 2. The van der Waals surface area contributed by atoms with Gasteiger partial charge in [-0.25, -0.2) is 28.9 Å². The summed E-state index contributed by atoms with van der Waals surface area (Å²) in [7, 11) is -5.00. The lowest BCUT2D eigenvalue weighted by atomic mass is 10.1. The van der Waals surface area contributed by atoms with Gasteiger partial charge in [-0.2, -0.15) is 9.97 Å². The number of nitrogens with one attached hydrogen (secondary N) is 1. The molecule has 2 aromatic carbocycles. The monoisotopic (exact) mass is 765 g/mol. The van der Waals surface area contributed by atoms with Gasteiger partial charge in [0.25, 0.3) is 5.56 Å². The Morgan fingerprint density at radius 1 is 0.852 bits per heavy atom. The van der Waals surface area contributed by atoms with Crippen LogP contribution in [-0.2, 0) is 32.6 Å². The number of benzene rings is 2. The molecular weight excluding hydrogens is 733 g/mol. The van der Waals surface area contributed by atoms with E-state index in [0.717, 1.165) is 10.9 Å². The predicted molar refractivity (Wildman–Crippen MR) is 183 cm³/mol. The second-order valence-electron chi connectivity index (χ2n) is 12.1. The average molecular weight is 766 g/mol. The zero-order chi connectivity index (χ0) is 38.0. The fourth-order valence-corrected chi connectivity index (χ4v) is 6.91. The summed E-state index contributed by atoms with van der Waals surface area (Å²) in [5, 5.41) is 0. The van der Waals surface area contributed by atoms with Crippen LogP contribution in [0.5, 0.6) is 0 Å². The Hall–Kier alpha value is -5.83. The molecule has 2 unspecified atom stereocenters. The number of aromatic amines is 1. The molecule has 3 aromatic heterocycles. The van der Waals surface area contributed by atoms with Gasteiger partial charge in [0.1, 0.15) is 49.8 Å². The molecule has 5 heterocycles. The summed E-state index contributed by atoms with van der Waals surface area (Å²) in [5.41, 5.74) is 10.4. The highest BCUT2D eigenvalue weighted by Gasteiger charge is 2.45. The molecule has 0 spiro atoms. The number of hydrogen-bond acceptors (Lipinski definition) is 17. The summed E-state index contributed by atoms with van der Waals surface area (Å²) < 4.78 is 50.1. The van der Waals surface area contributed by atoms with Crippen molar-refractivity contribution in [2.75, 3.05) is 24.7 Å². The highest BCUT2D eigenvalue weighted by atomic mass is 31.2. The maximum Gasteiger partial charge on any atom is 0.472 e. The third kappa shape index (κ3) is 8.05. The summed E-state index contributed by atoms with van der Waals surface area (Å²) in [6.45, 7) is -1.06. The maximum absolute atomic E-state index is 13.5. The number of H-pyrrole nitrogens is 1. The molecule has 0 bridgehead atoms. The Morgan fingerprint density at radius 2 is 1.46 bits per heavy atom. The predicted octanol–water partition coefficient (Wildman–Crippen LogP) is 1.10. The van der Waals surface area contributed by atoms with Crippen molar-refractivity contribution in [2.45, 2.75) is 49.7 Å². The second kappa shape index (κ2) is 15.3. The minimum Gasteiger partial charge on any atom is -0.459 e. The molecule has 21 nitrogen and oxygen atoms in total. The lowest BCUT2D eigenvalue weighted by molar-refractivity contribution is -0.0621. The van der Waals surface area contributed by atoms with E-state index >= 15 is 0 Å². The first kappa shape index (κ1) is 36.5. The fourth-order valence-electron chi connectivity index (χ4n) is 5.95. The molecule has 2 fully saturated rings. The number of phosphoric ester groups is 1. The number of fused-ring (bicyclic) bond motifs is 1. The van der Waals surface area contributed by atoms with Crippen molar-refractivity contribution in [1.29, 1.82) is 0 Å². The standard InChI is InChI=1S/C32H32N9O12P/c33-30-36-16-41(32(45)39-30)24-11-19(52-29(44)18-9-5-2-6-10-18)22(51-24)14-49-54(46,47)53-20-12-23(40-15-35-25-26(40)37-31(34)38-27(25)42)50-21(20)13-48-28(43)17-7-3-1-4-8-17/h1-10,15-16,19-24H,11-14H2,(H,46,47)(H2,33,39,45)(H3,34,37,38,42)/t19?,20-,21-,22-,23-,24-/m1/s1. The Labute approximate surface area is 303 Å². The van der Waals surface area contributed by atoms with E-state index in [2.05, 4.69) is 24.9 Å². The van der Waals surface area contributed by atoms with Crippen molar-refractivity contribution >= 4 is 42.8 Å². The first-order valence-electron chi connectivity index (χ1n) is 16.3. The lowest BCUT2D eigenvalue weighted by Gasteiger charge is -2.23. The Morgan fingerprint density at radius 3 is 2.15 bits per heavy atom. The number of ether oxygens (including phenoxy) is 4. The van der Waals surface area contributed by atoms with Gasteiger partial charge in [-0.15, -0.1) is 0 Å². The summed E-state index contributed by atoms with van der Waals surface area (Å²) in [4.78, 5) is 79.6. The first-order valence-corrected chi connectivity index (χ1v) is 17.8. The molecule has 2 aliphatic rings. The van der Waals surface area contributed by atoms with Gasteiger partial charge in [-0.1, -0.05) is 36.4 Å².